The first-order valence-electron chi connectivity index (χ1n) is 8.07. The molecular weight excluding hydrogens is 292 g/mol. The summed E-state index contributed by atoms with van der Waals surface area (Å²) in [7, 11) is 0. The highest BCUT2D eigenvalue weighted by Gasteiger charge is 2.34. The van der Waals surface area contributed by atoms with Crippen molar-refractivity contribution in [2.45, 2.75) is 45.2 Å². The van der Waals surface area contributed by atoms with Crippen molar-refractivity contribution in [2.75, 3.05) is 6.54 Å². The molecule has 23 heavy (non-hydrogen) atoms. The molecule has 0 saturated carbocycles. The fourth-order valence-electron chi connectivity index (χ4n) is 2.76. The minimum atomic E-state index is -0.120. The number of carbonyl (C=O) groups is 1. The number of benzene rings is 1. The Kier molecular flexibility index (Phi) is 4.60. The van der Waals surface area contributed by atoms with Crippen LogP contribution in [0.25, 0.3) is 0 Å². The predicted octanol–water partition coefficient (Wildman–Crippen LogP) is 3.24. The molecule has 6 heteroatoms. The molecule has 1 saturated heterocycles. The van der Waals surface area contributed by atoms with Gasteiger partial charge in [0.25, 0.3) is 0 Å². The summed E-state index contributed by atoms with van der Waals surface area (Å²) in [5.41, 5.74) is 1.08. The van der Waals surface area contributed by atoms with Crippen LogP contribution in [0.4, 0.5) is 4.79 Å². The van der Waals surface area contributed by atoms with Crippen molar-refractivity contribution in [1.29, 1.82) is 0 Å². The number of hydrogen-bond donors (Lipinski definition) is 1. The maximum absolute atomic E-state index is 12.5. The zero-order valence-electron chi connectivity index (χ0n) is 13.5. The third-order valence-corrected chi connectivity index (χ3v) is 4.06. The average molecular weight is 314 g/mol. The number of urea groups is 1. The first kappa shape index (κ1) is 15.5. The highest BCUT2D eigenvalue weighted by atomic mass is 16.5. The molecular formula is C17H22N4O2. The zero-order valence-corrected chi connectivity index (χ0v) is 13.5. The number of carbonyl (C=O) groups excluding carboxylic acids is 1. The van der Waals surface area contributed by atoms with E-state index < -0.39 is 0 Å². The Labute approximate surface area is 135 Å². The molecule has 1 N–H and O–H groups in total. The van der Waals surface area contributed by atoms with E-state index in [9.17, 15) is 4.79 Å². The number of likely N-dealkylation sites (tertiary alicyclic amines) is 1. The molecule has 3 rings (SSSR count). The van der Waals surface area contributed by atoms with Crippen LogP contribution in [-0.2, 0) is 6.54 Å². The summed E-state index contributed by atoms with van der Waals surface area (Å²) in [5.74, 6) is 1.45. The van der Waals surface area contributed by atoms with Crippen LogP contribution in [0, 0.1) is 0 Å². The molecule has 1 aliphatic rings. The molecule has 1 aromatic carbocycles. The second kappa shape index (κ2) is 6.81. The smallest absolute Gasteiger partial charge is 0.318 e. The number of nitrogens with one attached hydrogen (secondary N) is 1. The Bertz CT molecular complexity index is 654. The van der Waals surface area contributed by atoms with Crippen molar-refractivity contribution in [1.82, 2.24) is 20.4 Å². The number of amides is 2. The van der Waals surface area contributed by atoms with Crippen LogP contribution in [-0.4, -0.2) is 27.6 Å². The monoisotopic (exact) mass is 314 g/mol. The molecule has 2 aromatic rings. The summed E-state index contributed by atoms with van der Waals surface area (Å²) in [5, 5.41) is 6.97. The molecule has 2 amide bonds. The van der Waals surface area contributed by atoms with Crippen LogP contribution >= 0.6 is 0 Å². The minimum Gasteiger partial charge on any atom is -0.337 e. The van der Waals surface area contributed by atoms with Gasteiger partial charge in [0.15, 0.2) is 5.82 Å². The van der Waals surface area contributed by atoms with Crippen molar-refractivity contribution < 1.29 is 9.32 Å². The van der Waals surface area contributed by atoms with Crippen LogP contribution < -0.4 is 5.32 Å². The van der Waals surface area contributed by atoms with Gasteiger partial charge in [0.05, 0.1) is 0 Å². The average Bonchev–Trinajstić information content (AvgIpc) is 3.22. The molecule has 1 aromatic heterocycles. The second-order valence-electron chi connectivity index (χ2n) is 6.14. The van der Waals surface area contributed by atoms with E-state index in [0.717, 1.165) is 18.4 Å². The standard InChI is InChI=1S/C17H22N4O2/c1-12(2)15-19-16(23-20-15)14-9-6-10-21(14)17(22)18-11-13-7-4-3-5-8-13/h3-5,7-8,12,14H,6,9-11H2,1-2H3,(H,18,22)/t14-/m0/s1. The lowest BCUT2D eigenvalue weighted by molar-refractivity contribution is 0.180. The van der Waals surface area contributed by atoms with Gasteiger partial charge in [0, 0.05) is 19.0 Å². The second-order valence-corrected chi connectivity index (χ2v) is 6.14. The van der Waals surface area contributed by atoms with E-state index in [2.05, 4.69) is 15.5 Å². The Morgan fingerprint density at radius 1 is 1.39 bits per heavy atom. The van der Waals surface area contributed by atoms with Gasteiger partial charge in [-0.3, -0.25) is 0 Å². The van der Waals surface area contributed by atoms with Gasteiger partial charge in [0.1, 0.15) is 6.04 Å². The first-order valence-corrected chi connectivity index (χ1v) is 8.07. The van der Waals surface area contributed by atoms with E-state index in [4.69, 9.17) is 4.52 Å². The van der Waals surface area contributed by atoms with Gasteiger partial charge in [-0.05, 0) is 18.4 Å². The lowest BCUT2D eigenvalue weighted by Gasteiger charge is -2.22. The maximum Gasteiger partial charge on any atom is 0.318 e. The Morgan fingerprint density at radius 2 is 2.17 bits per heavy atom. The molecule has 1 atom stereocenters. The van der Waals surface area contributed by atoms with Gasteiger partial charge in [-0.2, -0.15) is 4.98 Å². The topological polar surface area (TPSA) is 71.3 Å². The maximum atomic E-state index is 12.5. The number of rotatable bonds is 4. The first-order chi connectivity index (χ1) is 11.1. The fraction of sp³-hybridized carbons (Fsp3) is 0.471. The molecule has 122 valence electrons. The van der Waals surface area contributed by atoms with Gasteiger partial charge in [-0.1, -0.05) is 49.3 Å². The molecule has 0 radical (unpaired) electrons. The van der Waals surface area contributed by atoms with Crippen molar-refractivity contribution in [3.63, 3.8) is 0 Å². The molecule has 2 heterocycles. The SMILES string of the molecule is CC(C)c1noc([C@@H]2CCCN2C(=O)NCc2ccccc2)n1. The Hall–Kier alpha value is -2.37. The Balaban J connectivity index is 1.64. The highest BCUT2D eigenvalue weighted by Crippen LogP contribution is 2.31. The van der Waals surface area contributed by atoms with Crippen molar-refractivity contribution in [3.8, 4) is 0 Å². The van der Waals surface area contributed by atoms with Crippen molar-refractivity contribution in [2.24, 2.45) is 0 Å². The molecule has 6 nitrogen and oxygen atoms in total. The summed E-state index contributed by atoms with van der Waals surface area (Å²) in [6, 6.07) is 9.68. The number of nitrogens with zero attached hydrogens (tertiary/aromatic N) is 3. The summed E-state index contributed by atoms with van der Waals surface area (Å²) in [4.78, 5) is 18.7. The molecule has 0 aliphatic carbocycles. The third kappa shape index (κ3) is 3.52. The van der Waals surface area contributed by atoms with E-state index in [1.165, 1.54) is 0 Å². The van der Waals surface area contributed by atoms with Crippen LogP contribution in [0.15, 0.2) is 34.9 Å². The molecule has 0 unspecified atom stereocenters. The summed E-state index contributed by atoms with van der Waals surface area (Å²) in [6.45, 7) is 5.27. The summed E-state index contributed by atoms with van der Waals surface area (Å²) >= 11 is 0. The molecule has 1 fully saturated rings. The highest BCUT2D eigenvalue weighted by molar-refractivity contribution is 5.74. The summed E-state index contributed by atoms with van der Waals surface area (Å²) < 4.78 is 5.37. The largest absolute Gasteiger partial charge is 0.337 e. The van der Waals surface area contributed by atoms with E-state index in [1.54, 1.807) is 4.90 Å². The molecule has 0 spiro atoms. The van der Waals surface area contributed by atoms with Gasteiger partial charge >= 0.3 is 6.03 Å². The van der Waals surface area contributed by atoms with Crippen molar-refractivity contribution >= 4 is 6.03 Å². The molecule has 1 aliphatic heterocycles. The van der Waals surface area contributed by atoms with Crippen LogP contribution in [0.5, 0.6) is 0 Å². The number of aromatic nitrogens is 2. The van der Waals surface area contributed by atoms with E-state index in [1.807, 2.05) is 44.2 Å². The quantitative estimate of drug-likeness (QED) is 0.940. The predicted molar refractivity (Wildman–Crippen MR) is 85.7 cm³/mol. The number of hydrogen-bond acceptors (Lipinski definition) is 4. The summed E-state index contributed by atoms with van der Waals surface area (Å²) in [6.07, 6.45) is 1.81. The Morgan fingerprint density at radius 3 is 2.87 bits per heavy atom. The normalized spacial score (nSPS) is 17.7. The van der Waals surface area contributed by atoms with E-state index in [0.29, 0.717) is 24.8 Å². The van der Waals surface area contributed by atoms with Crippen LogP contribution in [0.2, 0.25) is 0 Å². The molecule has 0 bridgehead atoms. The lowest BCUT2D eigenvalue weighted by atomic mass is 10.2. The fourth-order valence-corrected chi connectivity index (χ4v) is 2.76. The van der Waals surface area contributed by atoms with Gasteiger partial charge < -0.3 is 14.7 Å². The van der Waals surface area contributed by atoms with Gasteiger partial charge in [-0.25, -0.2) is 4.79 Å². The van der Waals surface area contributed by atoms with Crippen LogP contribution in [0.1, 0.15) is 55.9 Å². The van der Waals surface area contributed by atoms with Crippen LogP contribution in [0.3, 0.4) is 0 Å². The van der Waals surface area contributed by atoms with Gasteiger partial charge in [-0.15, -0.1) is 0 Å². The van der Waals surface area contributed by atoms with E-state index >= 15 is 0 Å². The minimum absolute atomic E-state index is 0.0827. The van der Waals surface area contributed by atoms with Gasteiger partial charge in [0.2, 0.25) is 5.89 Å². The zero-order chi connectivity index (χ0) is 16.2. The lowest BCUT2D eigenvalue weighted by Crippen LogP contribution is -2.39. The van der Waals surface area contributed by atoms with E-state index in [-0.39, 0.29) is 18.0 Å². The van der Waals surface area contributed by atoms with Crippen molar-refractivity contribution in [3.05, 3.63) is 47.6 Å². The third-order valence-electron chi connectivity index (χ3n) is 4.06.